The number of H-pyrrole nitrogens is 1. The Hall–Kier alpha value is -5.19. The molecule has 0 aliphatic heterocycles. The van der Waals surface area contributed by atoms with Crippen LogP contribution in [0.15, 0.2) is 72.0 Å². The van der Waals surface area contributed by atoms with Gasteiger partial charge in [0.05, 0.1) is 29.7 Å². The van der Waals surface area contributed by atoms with E-state index in [0.717, 1.165) is 11.8 Å². The minimum absolute atomic E-state index is 0.0280. The van der Waals surface area contributed by atoms with Crippen LogP contribution in [-0.4, -0.2) is 65.3 Å². The number of hydrogen-bond acceptors (Lipinski definition) is 10. The van der Waals surface area contributed by atoms with Crippen molar-refractivity contribution in [2.24, 2.45) is 0 Å². The van der Waals surface area contributed by atoms with Gasteiger partial charge < -0.3 is 15.4 Å². The third-order valence-electron chi connectivity index (χ3n) is 7.80. The Balaban J connectivity index is 1.18. The Morgan fingerprint density at radius 3 is 2.35 bits per heavy atom. The lowest BCUT2D eigenvalue weighted by molar-refractivity contribution is -0.137. The highest BCUT2D eigenvalue weighted by molar-refractivity contribution is 9.10. The summed E-state index contributed by atoms with van der Waals surface area (Å²) >= 11 is 3.22. The van der Waals surface area contributed by atoms with Gasteiger partial charge in [-0.25, -0.2) is 29.7 Å². The highest BCUT2D eigenvalue weighted by atomic mass is 79.9. The molecule has 13 nitrogen and oxygen atoms in total. The van der Waals surface area contributed by atoms with E-state index in [-0.39, 0.29) is 41.5 Å². The molecule has 1 saturated carbocycles. The summed E-state index contributed by atoms with van der Waals surface area (Å²) in [6.07, 6.45) is 6.10. The lowest BCUT2D eigenvalue weighted by Gasteiger charge is -2.36. The number of methoxy groups -OCH3 is 1. The van der Waals surface area contributed by atoms with Gasteiger partial charge in [-0.15, -0.1) is 0 Å². The van der Waals surface area contributed by atoms with E-state index >= 15 is 0 Å². The van der Waals surface area contributed by atoms with Crippen LogP contribution in [0.3, 0.4) is 0 Å². The average molecular weight is 725 g/mol. The summed E-state index contributed by atoms with van der Waals surface area (Å²) in [5, 5.41) is 12.6. The zero-order valence-corrected chi connectivity index (χ0v) is 27.0. The van der Waals surface area contributed by atoms with Crippen molar-refractivity contribution in [3.05, 3.63) is 83.1 Å². The largest absolute Gasteiger partial charge is 0.467 e. The van der Waals surface area contributed by atoms with Crippen LogP contribution in [0.1, 0.15) is 36.8 Å². The monoisotopic (exact) mass is 723 g/mol. The van der Waals surface area contributed by atoms with Gasteiger partial charge in [0.2, 0.25) is 5.95 Å². The van der Waals surface area contributed by atoms with E-state index in [1.165, 1.54) is 19.5 Å². The lowest BCUT2D eigenvalue weighted by atomic mass is 9.90. The van der Waals surface area contributed by atoms with Gasteiger partial charge in [-0.1, -0.05) is 30.3 Å². The minimum atomic E-state index is -4.67. The Kier molecular flexibility index (Phi) is 9.75. The van der Waals surface area contributed by atoms with Crippen molar-refractivity contribution in [3.8, 4) is 28.7 Å². The highest BCUT2D eigenvalue weighted by Gasteiger charge is 2.37. The first-order valence-electron chi connectivity index (χ1n) is 14.9. The molecule has 0 bridgehead atoms. The standard InChI is InChI=1S/C31H29BrF3N11O2/c1-48-29-39-12-19(13-40-29)24-16-37-25(17-36-24)46(30(47)41-11-18-5-3-2-4-6-18)21-9-7-20(8-10-21)43-28-38-14-22(31(33,34)35)26(44-28)27-23(32)15-42-45-27/h2-6,12-17,20-21H,7-11H2,1H3,(H,41,47)(H,42,45)(H,38,43,44). The quantitative estimate of drug-likeness (QED) is 0.164. The number of benzene rings is 1. The number of halogens is 4. The fourth-order valence-electron chi connectivity index (χ4n) is 5.41. The SMILES string of the molecule is COc1ncc(-c2cnc(N(C(=O)NCc3ccccc3)C3CCC(Nc4ncc(C(F)(F)F)c(-c5n[nH]cc5Br)n4)CC3)cn2)cn1. The summed E-state index contributed by atoms with van der Waals surface area (Å²) in [7, 11) is 1.48. The number of carbonyl (C=O) groups is 1. The fraction of sp³-hybridized carbons (Fsp3) is 0.290. The van der Waals surface area contributed by atoms with Crippen LogP contribution in [0.2, 0.25) is 0 Å². The first kappa shape index (κ1) is 32.7. The van der Waals surface area contributed by atoms with Gasteiger partial charge in [0.1, 0.15) is 17.0 Å². The molecule has 3 N–H and O–H groups in total. The van der Waals surface area contributed by atoms with Crippen LogP contribution in [0, 0.1) is 0 Å². The third-order valence-corrected chi connectivity index (χ3v) is 8.41. The molecule has 0 spiro atoms. The molecule has 2 amide bonds. The van der Waals surface area contributed by atoms with Gasteiger partial charge >= 0.3 is 18.2 Å². The molecule has 48 heavy (non-hydrogen) atoms. The summed E-state index contributed by atoms with van der Waals surface area (Å²) in [5.74, 6) is 0.424. The first-order chi connectivity index (χ1) is 23.2. The maximum atomic E-state index is 13.8. The van der Waals surface area contributed by atoms with E-state index in [9.17, 15) is 18.0 Å². The van der Waals surface area contributed by atoms with Crippen LogP contribution >= 0.6 is 15.9 Å². The van der Waals surface area contributed by atoms with Crippen molar-refractivity contribution in [2.75, 3.05) is 17.3 Å². The van der Waals surface area contributed by atoms with E-state index in [1.54, 1.807) is 23.5 Å². The number of nitrogens with one attached hydrogen (secondary N) is 3. The molecule has 248 valence electrons. The van der Waals surface area contributed by atoms with Crippen molar-refractivity contribution in [3.63, 3.8) is 0 Å². The predicted octanol–water partition coefficient (Wildman–Crippen LogP) is 6.04. The smallest absolute Gasteiger partial charge is 0.420 e. The Bertz CT molecular complexity index is 1830. The number of ether oxygens (including phenoxy) is 1. The molecule has 4 aromatic heterocycles. The number of hydrogen-bond donors (Lipinski definition) is 3. The number of aromatic nitrogens is 8. The second kappa shape index (κ2) is 14.3. The van der Waals surface area contributed by atoms with E-state index in [2.05, 4.69) is 66.7 Å². The van der Waals surface area contributed by atoms with Crippen molar-refractivity contribution >= 4 is 33.7 Å². The van der Waals surface area contributed by atoms with Crippen molar-refractivity contribution in [1.29, 1.82) is 0 Å². The number of anilines is 2. The average Bonchev–Trinajstić information content (AvgIpc) is 3.54. The van der Waals surface area contributed by atoms with E-state index in [0.29, 0.717) is 53.8 Å². The van der Waals surface area contributed by atoms with E-state index in [4.69, 9.17) is 4.74 Å². The zero-order chi connectivity index (χ0) is 33.7. The third kappa shape index (κ3) is 7.51. The summed E-state index contributed by atoms with van der Waals surface area (Å²) in [6, 6.07) is 9.07. The minimum Gasteiger partial charge on any atom is -0.467 e. The second-order valence-electron chi connectivity index (χ2n) is 10.9. The molecular weight excluding hydrogens is 695 g/mol. The van der Waals surface area contributed by atoms with Gasteiger partial charge in [-0.3, -0.25) is 15.0 Å². The molecule has 1 aromatic carbocycles. The second-order valence-corrected chi connectivity index (χ2v) is 11.8. The van der Waals surface area contributed by atoms with E-state index in [1.807, 2.05) is 30.3 Å². The van der Waals surface area contributed by atoms with E-state index < -0.39 is 11.7 Å². The molecule has 4 heterocycles. The molecule has 0 saturated heterocycles. The molecule has 1 aliphatic rings. The maximum Gasteiger partial charge on any atom is 0.420 e. The molecule has 0 unspecified atom stereocenters. The molecule has 5 aromatic rings. The maximum absolute atomic E-state index is 13.8. The van der Waals surface area contributed by atoms with Crippen LogP contribution in [-0.2, 0) is 12.7 Å². The zero-order valence-electron chi connectivity index (χ0n) is 25.4. The van der Waals surface area contributed by atoms with Crippen LogP contribution in [0.5, 0.6) is 6.01 Å². The molecule has 0 radical (unpaired) electrons. The molecule has 6 rings (SSSR count). The normalized spacial score (nSPS) is 16.3. The van der Waals surface area contributed by atoms with Crippen molar-refractivity contribution in [2.45, 2.75) is 50.5 Å². The van der Waals surface area contributed by atoms with Gasteiger partial charge in [-0.2, -0.15) is 18.3 Å². The van der Waals surface area contributed by atoms with Gasteiger partial charge in [0, 0.05) is 49.0 Å². The Morgan fingerprint density at radius 2 is 1.73 bits per heavy atom. The number of aromatic amines is 1. The summed E-state index contributed by atoms with van der Waals surface area (Å²) < 4.78 is 46.7. The molecular formula is C31H29BrF3N11O2. The molecule has 17 heteroatoms. The van der Waals surface area contributed by atoms with Crippen LogP contribution in [0.25, 0.3) is 22.6 Å². The number of rotatable bonds is 9. The molecule has 1 aliphatic carbocycles. The number of nitrogens with zero attached hydrogens (tertiary/aromatic N) is 8. The summed E-state index contributed by atoms with van der Waals surface area (Å²) in [5.41, 5.74) is 0.795. The highest BCUT2D eigenvalue weighted by Crippen LogP contribution is 2.38. The summed E-state index contributed by atoms with van der Waals surface area (Å²) in [6.45, 7) is 0.321. The Labute approximate surface area is 281 Å². The number of alkyl halides is 3. The summed E-state index contributed by atoms with van der Waals surface area (Å²) in [4.78, 5) is 40.8. The van der Waals surface area contributed by atoms with Crippen LogP contribution in [0.4, 0.5) is 29.7 Å². The number of amides is 2. The fourth-order valence-corrected chi connectivity index (χ4v) is 5.78. The van der Waals surface area contributed by atoms with Crippen molar-refractivity contribution in [1.82, 2.24) is 45.4 Å². The number of urea groups is 1. The Morgan fingerprint density at radius 1 is 0.979 bits per heavy atom. The predicted molar refractivity (Wildman–Crippen MR) is 173 cm³/mol. The van der Waals surface area contributed by atoms with Gasteiger partial charge in [-0.05, 0) is 47.2 Å². The van der Waals surface area contributed by atoms with Gasteiger partial charge in [0.25, 0.3) is 0 Å². The first-order valence-corrected chi connectivity index (χ1v) is 15.7. The molecule has 1 fully saturated rings. The van der Waals surface area contributed by atoms with Crippen molar-refractivity contribution < 1.29 is 22.7 Å². The molecule has 0 atom stereocenters. The topological polar surface area (TPSA) is 160 Å². The lowest BCUT2D eigenvalue weighted by Crippen LogP contribution is -2.49. The van der Waals surface area contributed by atoms with Crippen LogP contribution < -0.4 is 20.3 Å². The van der Waals surface area contributed by atoms with Gasteiger partial charge in [0.15, 0.2) is 5.82 Å². The number of carbonyl (C=O) groups excluding carboxylic acids is 1.